The van der Waals surface area contributed by atoms with Crippen LogP contribution in [0.2, 0.25) is 0 Å². The van der Waals surface area contributed by atoms with Crippen LogP contribution >= 0.6 is 0 Å². The fourth-order valence-electron chi connectivity index (χ4n) is 5.02. The second-order valence-corrected chi connectivity index (χ2v) is 10.6. The lowest BCUT2D eigenvalue weighted by Gasteiger charge is -2.44. The number of aliphatic imine (C=N–C) groups is 1. The molecule has 3 rings (SSSR count). The van der Waals surface area contributed by atoms with Gasteiger partial charge in [0.25, 0.3) is 0 Å². The fraction of sp³-hybridized carbons (Fsp3) is 0.333. The van der Waals surface area contributed by atoms with Crippen LogP contribution in [0.1, 0.15) is 11.1 Å². The lowest BCUT2D eigenvalue weighted by molar-refractivity contribution is -0.123. The number of urea groups is 1. The van der Waals surface area contributed by atoms with Crippen LogP contribution in [0.4, 0.5) is 4.79 Å². The molecule has 0 radical (unpaired) electrons. The van der Waals surface area contributed by atoms with E-state index < -0.39 is 18.2 Å². The Kier molecular flexibility index (Phi) is 12.6. The number of phenolic OH excluding ortho intramolecular Hbond substituents is 1. The first-order valence-corrected chi connectivity index (χ1v) is 14.1. The lowest BCUT2D eigenvalue weighted by Crippen LogP contribution is -2.64. The molecule has 0 bridgehead atoms. The van der Waals surface area contributed by atoms with Crippen molar-refractivity contribution in [3.8, 4) is 5.75 Å². The molecule has 1 aliphatic rings. The van der Waals surface area contributed by atoms with Gasteiger partial charge in [-0.1, -0.05) is 67.3 Å². The van der Waals surface area contributed by atoms with Gasteiger partial charge >= 0.3 is 6.03 Å². The number of phenols is 1. The maximum Gasteiger partial charge on any atom is 0.333 e. The average Bonchev–Trinajstić information content (AvgIpc) is 3.00. The molecular weight excluding hydrogens is 544 g/mol. The molecule has 0 fully saturated rings. The molecule has 2 N–H and O–H groups in total. The Morgan fingerprint density at radius 1 is 1.05 bits per heavy atom. The molecule has 0 heterocycles. The molecule has 2 atom stereocenters. The molecule has 1 aliphatic carbocycles. The molecule has 228 valence electrons. The molecule has 0 aromatic heterocycles. The van der Waals surface area contributed by atoms with Crippen molar-refractivity contribution in [1.29, 1.82) is 0 Å². The Bertz CT molecular complexity index is 1340. The number of benzene rings is 2. The third-order valence-electron chi connectivity index (χ3n) is 7.36. The van der Waals surface area contributed by atoms with Crippen LogP contribution in [-0.2, 0) is 22.6 Å². The Labute approximate surface area is 254 Å². The van der Waals surface area contributed by atoms with Crippen molar-refractivity contribution in [1.82, 2.24) is 25.1 Å². The molecule has 43 heavy (non-hydrogen) atoms. The molecule has 2 aromatic carbocycles. The standard InChI is InChI=1S/C33H42N6O4/c1-25-10-9-13-28(32(25)34-2)22-36(3)23-31(38(5)29(24-41)20-26-14-16-30(42)17-15-26)39(37(4)18-19-40)33(43)35-21-27-11-7-6-8-12-27/h6-17,19,24,29,31,42H,1,18,20-23H2,2-5H3,(H,35,43)/t29-,31?/m0/s1. The largest absolute Gasteiger partial charge is 0.508 e. The smallest absolute Gasteiger partial charge is 0.333 e. The number of amides is 2. The molecule has 0 spiro atoms. The van der Waals surface area contributed by atoms with Crippen molar-refractivity contribution in [2.24, 2.45) is 4.99 Å². The van der Waals surface area contributed by atoms with Crippen LogP contribution in [0.3, 0.4) is 0 Å². The van der Waals surface area contributed by atoms with Gasteiger partial charge in [0.1, 0.15) is 24.5 Å². The maximum absolute atomic E-state index is 13.8. The molecular formula is C33H42N6O4. The predicted octanol–water partition coefficient (Wildman–Crippen LogP) is 3.07. The number of nitrogens with zero attached hydrogens (tertiary/aromatic N) is 5. The lowest BCUT2D eigenvalue weighted by atomic mass is 9.98. The molecule has 10 nitrogen and oxygen atoms in total. The summed E-state index contributed by atoms with van der Waals surface area (Å²) in [5.74, 6) is 0.139. The highest BCUT2D eigenvalue weighted by Crippen LogP contribution is 2.19. The summed E-state index contributed by atoms with van der Waals surface area (Å²) in [6.45, 7) is 5.21. The predicted molar refractivity (Wildman–Crippen MR) is 170 cm³/mol. The van der Waals surface area contributed by atoms with E-state index in [0.29, 0.717) is 26.1 Å². The topological polar surface area (TPSA) is 109 Å². The van der Waals surface area contributed by atoms with Crippen molar-refractivity contribution in [3.63, 3.8) is 0 Å². The Morgan fingerprint density at radius 2 is 1.74 bits per heavy atom. The van der Waals surface area contributed by atoms with E-state index in [4.69, 9.17) is 0 Å². The van der Waals surface area contributed by atoms with Gasteiger partial charge in [-0.05, 0) is 54.9 Å². The van der Waals surface area contributed by atoms with Crippen molar-refractivity contribution in [3.05, 3.63) is 102 Å². The van der Waals surface area contributed by atoms with Gasteiger partial charge < -0.3 is 20.0 Å². The Hall–Kier alpha value is -4.38. The summed E-state index contributed by atoms with van der Waals surface area (Å²) < 4.78 is 0. The molecule has 1 unspecified atom stereocenters. The van der Waals surface area contributed by atoms with Crippen LogP contribution in [0.15, 0.2) is 95.5 Å². The van der Waals surface area contributed by atoms with E-state index in [9.17, 15) is 19.5 Å². The zero-order chi connectivity index (χ0) is 31.4. The molecule has 2 aromatic rings. The van der Waals surface area contributed by atoms with Gasteiger partial charge in [-0.25, -0.2) is 14.8 Å². The molecule has 0 saturated heterocycles. The first kappa shape index (κ1) is 33.1. The zero-order valence-corrected chi connectivity index (χ0v) is 25.4. The molecule has 0 saturated carbocycles. The number of likely N-dealkylation sites (N-methyl/N-ethyl adjacent to an activating group) is 3. The number of nitrogens with one attached hydrogen (secondary N) is 1. The van der Waals surface area contributed by atoms with Crippen molar-refractivity contribution in [2.75, 3.05) is 47.8 Å². The summed E-state index contributed by atoms with van der Waals surface area (Å²) in [7, 11) is 7.14. The van der Waals surface area contributed by atoms with Gasteiger partial charge in [0.15, 0.2) is 0 Å². The number of carbonyl (C=O) groups is 3. The number of hydrogen-bond donors (Lipinski definition) is 2. The third-order valence-corrected chi connectivity index (χ3v) is 7.36. The summed E-state index contributed by atoms with van der Waals surface area (Å²) >= 11 is 0. The van der Waals surface area contributed by atoms with Gasteiger partial charge in [0.05, 0.1) is 18.3 Å². The van der Waals surface area contributed by atoms with Gasteiger partial charge in [0.2, 0.25) is 0 Å². The monoisotopic (exact) mass is 586 g/mol. The number of hydrogen-bond acceptors (Lipinski definition) is 8. The minimum absolute atomic E-state index is 0.0288. The quantitative estimate of drug-likeness (QED) is 0.188. The van der Waals surface area contributed by atoms with E-state index >= 15 is 0 Å². The van der Waals surface area contributed by atoms with E-state index in [0.717, 1.165) is 40.6 Å². The van der Waals surface area contributed by atoms with E-state index in [-0.39, 0.29) is 12.3 Å². The van der Waals surface area contributed by atoms with Gasteiger partial charge in [0, 0.05) is 33.7 Å². The summed E-state index contributed by atoms with van der Waals surface area (Å²) in [6.07, 6.45) is 7.15. The second-order valence-electron chi connectivity index (χ2n) is 10.6. The summed E-state index contributed by atoms with van der Waals surface area (Å²) in [5.41, 5.74) is 4.41. The number of aldehydes is 2. The zero-order valence-electron chi connectivity index (χ0n) is 25.4. The molecule has 2 amide bonds. The maximum atomic E-state index is 13.8. The van der Waals surface area contributed by atoms with Crippen molar-refractivity contribution >= 4 is 24.3 Å². The number of hydrazine groups is 1. The van der Waals surface area contributed by atoms with Gasteiger partial charge in [-0.3, -0.25) is 14.8 Å². The first-order valence-electron chi connectivity index (χ1n) is 14.1. The number of carbonyl (C=O) groups excluding carboxylic acids is 3. The average molecular weight is 587 g/mol. The Morgan fingerprint density at radius 3 is 2.37 bits per heavy atom. The van der Waals surface area contributed by atoms with Crippen LogP contribution in [0.5, 0.6) is 5.75 Å². The van der Waals surface area contributed by atoms with Crippen LogP contribution < -0.4 is 5.32 Å². The summed E-state index contributed by atoms with van der Waals surface area (Å²) in [5, 5.41) is 15.8. The van der Waals surface area contributed by atoms with E-state index in [2.05, 4.69) is 21.8 Å². The number of aromatic hydroxyl groups is 1. The highest BCUT2D eigenvalue weighted by molar-refractivity contribution is 6.15. The van der Waals surface area contributed by atoms with E-state index in [1.54, 1.807) is 50.4 Å². The summed E-state index contributed by atoms with van der Waals surface area (Å²) in [6, 6.07) is 15.2. The van der Waals surface area contributed by atoms with Crippen LogP contribution in [0.25, 0.3) is 0 Å². The van der Waals surface area contributed by atoms with Crippen molar-refractivity contribution < 1.29 is 19.5 Å². The first-order chi connectivity index (χ1) is 20.7. The number of allylic oxidation sites excluding steroid dienone is 4. The molecule has 0 aliphatic heterocycles. The van der Waals surface area contributed by atoms with Gasteiger partial charge in [-0.15, -0.1) is 0 Å². The van der Waals surface area contributed by atoms with Gasteiger partial charge in [-0.2, -0.15) is 0 Å². The third kappa shape index (κ3) is 9.31. The van der Waals surface area contributed by atoms with E-state index in [1.165, 1.54) is 5.01 Å². The normalized spacial score (nSPS) is 15.5. The minimum atomic E-state index is -0.650. The van der Waals surface area contributed by atoms with E-state index in [1.807, 2.05) is 60.5 Å². The van der Waals surface area contributed by atoms with Crippen LogP contribution in [0, 0.1) is 0 Å². The highest BCUT2D eigenvalue weighted by atomic mass is 16.3. The summed E-state index contributed by atoms with van der Waals surface area (Å²) in [4.78, 5) is 46.3. The Balaban J connectivity index is 1.94. The SMILES string of the molecule is C=C1C=CC=C(CN(C)CC(N(C)[C@H](C=O)Cc2ccc(O)cc2)N(C(=O)NCc2ccccc2)N(C)CC=O)C1=NC. The number of rotatable bonds is 15. The minimum Gasteiger partial charge on any atom is -0.508 e. The molecule has 10 heteroatoms. The second kappa shape index (κ2) is 16.3. The van der Waals surface area contributed by atoms with Crippen LogP contribution in [-0.4, -0.2) is 109 Å². The van der Waals surface area contributed by atoms with Crippen molar-refractivity contribution in [2.45, 2.75) is 25.2 Å². The highest BCUT2D eigenvalue weighted by Gasteiger charge is 2.35. The fourth-order valence-corrected chi connectivity index (χ4v) is 5.02.